The molecule has 1 aromatic heterocycles. The summed E-state index contributed by atoms with van der Waals surface area (Å²) in [5.41, 5.74) is 0. The zero-order valence-corrected chi connectivity index (χ0v) is 17.2. The summed E-state index contributed by atoms with van der Waals surface area (Å²) in [4.78, 5) is 10.9. The summed E-state index contributed by atoms with van der Waals surface area (Å²) in [7, 11) is -3.28. The molecule has 2 aliphatic heterocycles. The number of hydrogen-bond donors (Lipinski definition) is 2. The lowest BCUT2D eigenvalue weighted by molar-refractivity contribution is -0.0203. The van der Waals surface area contributed by atoms with Crippen molar-refractivity contribution in [2.75, 3.05) is 36.5 Å². The normalized spacial score (nSPS) is 26.5. The van der Waals surface area contributed by atoms with Gasteiger partial charge in [0, 0.05) is 32.4 Å². The van der Waals surface area contributed by atoms with Gasteiger partial charge in [0.05, 0.1) is 17.4 Å². The van der Waals surface area contributed by atoms with Crippen molar-refractivity contribution in [3.05, 3.63) is 12.3 Å². The molecule has 2 fully saturated rings. The van der Waals surface area contributed by atoms with E-state index in [1.807, 2.05) is 11.0 Å². The highest BCUT2D eigenvalue weighted by atomic mass is 32.2. The Kier molecular flexibility index (Phi) is 6.54. The van der Waals surface area contributed by atoms with Crippen molar-refractivity contribution < 1.29 is 13.2 Å². The van der Waals surface area contributed by atoms with E-state index < -0.39 is 15.3 Å². The Hall–Kier alpha value is -1.45. The van der Waals surface area contributed by atoms with E-state index in [1.54, 1.807) is 13.1 Å². The van der Waals surface area contributed by atoms with Crippen LogP contribution in [0.15, 0.2) is 12.3 Å². The van der Waals surface area contributed by atoms with Crippen molar-refractivity contribution in [3.63, 3.8) is 0 Å². The maximum absolute atomic E-state index is 12.2. The number of nitrogens with zero attached hydrogens (tertiary/aromatic N) is 3. The van der Waals surface area contributed by atoms with E-state index in [1.165, 1.54) is 0 Å². The van der Waals surface area contributed by atoms with E-state index in [9.17, 15) is 8.42 Å². The van der Waals surface area contributed by atoms with Crippen molar-refractivity contribution in [2.24, 2.45) is 5.92 Å². The van der Waals surface area contributed by atoms with Crippen LogP contribution in [0.25, 0.3) is 0 Å². The Balaban J connectivity index is 1.67. The molecule has 3 rings (SSSR count). The Morgan fingerprint density at radius 1 is 1.37 bits per heavy atom. The number of ether oxygens (including phenoxy) is 1. The third kappa shape index (κ3) is 4.89. The van der Waals surface area contributed by atoms with Gasteiger partial charge in [0.2, 0.25) is 16.0 Å². The molecule has 27 heavy (non-hydrogen) atoms. The second-order valence-electron chi connectivity index (χ2n) is 7.61. The van der Waals surface area contributed by atoms with E-state index >= 15 is 0 Å². The Morgan fingerprint density at radius 3 is 2.93 bits per heavy atom. The molecule has 8 nitrogen and oxygen atoms in total. The van der Waals surface area contributed by atoms with Crippen molar-refractivity contribution in [2.45, 2.75) is 57.4 Å². The number of anilines is 2. The van der Waals surface area contributed by atoms with Crippen LogP contribution in [0.5, 0.6) is 0 Å². The van der Waals surface area contributed by atoms with Gasteiger partial charge in [-0.1, -0.05) is 20.8 Å². The van der Waals surface area contributed by atoms with Crippen LogP contribution in [0.1, 0.15) is 40.0 Å². The quantitative estimate of drug-likeness (QED) is 0.721. The first kappa shape index (κ1) is 20.3. The summed E-state index contributed by atoms with van der Waals surface area (Å²) in [6.45, 7) is 8.42. The maximum Gasteiger partial charge on any atom is 0.227 e. The lowest BCUT2D eigenvalue weighted by Crippen LogP contribution is -2.43. The van der Waals surface area contributed by atoms with Gasteiger partial charge in [-0.25, -0.2) is 18.1 Å². The minimum atomic E-state index is -3.28. The van der Waals surface area contributed by atoms with Crippen LogP contribution in [0, 0.1) is 5.92 Å². The van der Waals surface area contributed by atoms with Crippen molar-refractivity contribution in [1.82, 2.24) is 14.7 Å². The summed E-state index contributed by atoms with van der Waals surface area (Å²) in [6.07, 6.45) is 4.57. The minimum Gasteiger partial charge on any atom is -0.376 e. The van der Waals surface area contributed by atoms with Crippen LogP contribution >= 0.6 is 0 Å². The van der Waals surface area contributed by atoms with E-state index in [0.29, 0.717) is 37.9 Å². The molecule has 1 aromatic rings. The molecule has 2 N–H and O–H groups in total. The van der Waals surface area contributed by atoms with Crippen LogP contribution in [-0.2, 0) is 14.8 Å². The molecule has 0 aliphatic carbocycles. The molecule has 0 aromatic carbocycles. The predicted molar refractivity (Wildman–Crippen MR) is 106 cm³/mol. The molecule has 0 saturated carbocycles. The Labute approximate surface area is 162 Å². The zero-order chi connectivity index (χ0) is 19.4. The number of aromatic nitrogens is 2. The second-order valence-corrected chi connectivity index (χ2v) is 9.66. The van der Waals surface area contributed by atoms with Crippen molar-refractivity contribution >= 4 is 21.8 Å². The fourth-order valence-corrected chi connectivity index (χ4v) is 5.30. The SMILES string of the molecule is CCNS(=O)(=O)[C@@H]1CCN(c2nccc(N[C@H]3CCCO[C@H]3C(C)C)n2)C1. The van der Waals surface area contributed by atoms with Crippen molar-refractivity contribution in [3.8, 4) is 0 Å². The van der Waals surface area contributed by atoms with Crippen LogP contribution in [0.2, 0.25) is 0 Å². The molecule has 0 unspecified atom stereocenters. The fraction of sp³-hybridized carbons (Fsp3) is 0.778. The van der Waals surface area contributed by atoms with Gasteiger partial charge in [-0.2, -0.15) is 4.98 Å². The zero-order valence-electron chi connectivity index (χ0n) is 16.4. The third-order valence-electron chi connectivity index (χ3n) is 5.21. The highest BCUT2D eigenvalue weighted by Crippen LogP contribution is 2.25. The second kappa shape index (κ2) is 8.70. The molecule has 3 atom stereocenters. The Morgan fingerprint density at radius 2 is 2.19 bits per heavy atom. The molecular weight excluding hydrogens is 366 g/mol. The largest absolute Gasteiger partial charge is 0.376 e. The van der Waals surface area contributed by atoms with Crippen LogP contribution in [-0.4, -0.2) is 62.0 Å². The highest BCUT2D eigenvalue weighted by molar-refractivity contribution is 7.90. The summed E-state index contributed by atoms with van der Waals surface area (Å²) < 4.78 is 33.0. The highest BCUT2D eigenvalue weighted by Gasteiger charge is 2.34. The monoisotopic (exact) mass is 397 g/mol. The first-order chi connectivity index (χ1) is 12.9. The minimum absolute atomic E-state index is 0.165. The third-order valence-corrected chi connectivity index (χ3v) is 7.17. The summed E-state index contributed by atoms with van der Waals surface area (Å²) in [6, 6.07) is 2.08. The van der Waals surface area contributed by atoms with E-state index in [-0.39, 0.29) is 12.1 Å². The summed E-state index contributed by atoms with van der Waals surface area (Å²) >= 11 is 0. The molecule has 3 heterocycles. The number of nitrogens with one attached hydrogen (secondary N) is 2. The predicted octanol–water partition coefficient (Wildman–Crippen LogP) is 1.61. The van der Waals surface area contributed by atoms with Gasteiger partial charge >= 0.3 is 0 Å². The van der Waals surface area contributed by atoms with Crippen LogP contribution < -0.4 is 14.9 Å². The molecule has 0 radical (unpaired) electrons. The molecule has 2 saturated heterocycles. The van der Waals surface area contributed by atoms with E-state index in [2.05, 4.69) is 33.9 Å². The summed E-state index contributed by atoms with van der Waals surface area (Å²) in [5, 5.41) is 3.08. The fourth-order valence-electron chi connectivity index (χ4n) is 3.87. The molecule has 9 heteroatoms. The smallest absolute Gasteiger partial charge is 0.227 e. The van der Waals surface area contributed by atoms with Gasteiger partial charge in [-0.3, -0.25) is 0 Å². The lowest BCUT2D eigenvalue weighted by Gasteiger charge is -2.35. The number of hydrogen-bond acceptors (Lipinski definition) is 7. The van der Waals surface area contributed by atoms with Gasteiger partial charge < -0.3 is 15.0 Å². The first-order valence-corrected chi connectivity index (χ1v) is 11.4. The van der Waals surface area contributed by atoms with Crippen molar-refractivity contribution in [1.29, 1.82) is 0 Å². The van der Waals surface area contributed by atoms with Gasteiger partial charge in [0.1, 0.15) is 5.82 Å². The van der Waals surface area contributed by atoms with Gasteiger partial charge in [0.25, 0.3) is 0 Å². The number of sulfonamides is 1. The topological polar surface area (TPSA) is 96.5 Å². The average Bonchev–Trinajstić information content (AvgIpc) is 3.13. The lowest BCUT2D eigenvalue weighted by atomic mass is 9.94. The molecule has 152 valence electrons. The van der Waals surface area contributed by atoms with Gasteiger partial charge in [0.15, 0.2) is 0 Å². The molecule has 2 aliphatic rings. The standard InChI is InChI=1S/C18H31N5O3S/c1-4-20-27(24,25)14-8-10-23(12-14)18-19-9-7-16(22-18)21-15-6-5-11-26-17(15)13(2)3/h7,9,13-15,17,20H,4-6,8,10-12H2,1-3H3,(H,19,21,22)/t14-,15+,17+/m1/s1. The Bertz CT molecular complexity index is 727. The van der Waals surface area contributed by atoms with Gasteiger partial charge in [-0.05, 0) is 31.2 Å². The first-order valence-electron chi connectivity index (χ1n) is 9.85. The van der Waals surface area contributed by atoms with E-state index in [0.717, 1.165) is 25.3 Å². The molecule has 0 bridgehead atoms. The van der Waals surface area contributed by atoms with Gasteiger partial charge in [-0.15, -0.1) is 0 Å². The summed E-state index contributed by atoms with van der Waals surface area (Å²) in [5.74, 6) is 1.77. The van der Waals surface area contributed by atoms with E-state index in [4.69, 9.17) is 4.74 Å². The van der Waals surface area contributed by atoms with Crippen LogP contribution in [0.4, 0.5) is 11.8 Å². The maximum atomic E-state index is 12.2. The molecular formula is C18H31N5O3S. The average molecular weight is 398 g/mol. The molecule has 0 amide bonds. The number of rotatable bonds is 7. The van der Waals surface area contributed by atoms with Crippen LogP contribution in [0.3, 0.4) is 0 Å². The molecule has 0 spiro atoms.